The monoisotopic (exact) mass is 990 g/mol. The number of fused-ring (bicyclic) bond motifs is 4. The van der Waals surface area contributed by atoms with Gasteiger partial charge in [0.05, 0.1) is 12.2 Å². The van der Waals surface area contributed by atoms with Crippen LogP contribution in [0.2, 0.25) is 0 Å². The molecule has 2 fully saturated rings. The fraction of sp³-hybridized carbons (Fsp3) is 0.194. The van der Waals surface area contributed by atoms with Crippen molar-refractivity contribution in [1.29, 1.82) is 0 Å². The van der Waals surface area contributed by atoms with E-state index in [1.807, 2.05) is 0 Å². The lowest BCUT2D eigenvalue weighted by atomic mass is 9.68. The standard InChI is InChI=1S/C72H62O4/c1-72(59-25-3-2-4-26-59,60-43-62(55-35-31-47-17-5-9-21-51(47)39-55)70(75-68-29-15-13-27-66(68)73)63(44-60)56-36-32-48-18-6-10-22-52(48)40-56)61-45-64(57-37-33-49-19-7-11-23-53(49)41-57)71(76-69-30-16-14-28-67(69)74)65(46-61)58-38-34-50-20-8-12-24-54(50)42-58/h2-12,17-26,31-46,66-69,73-74H,13-16,27-30H2,1H3. The van der Waals surface area contributed by atoms with E-state index in [1.54, 1.807) is 0 Å². The zero-order chi connectivity index (χ0) is 51.2. The molecule has 0 saturated heterocycles. The largest absolute Gasteiger partial charge is 0.486 e. The molecule has 13 rings (SSSR count). The molecule has 0 spiro atoms. The van der Waals surface area contributed by atoms with Gasteiger partial charge in [0.1, 0.15) is 23.7 Å². The Balaban J connectivity index is 1.13. The van der Waals surface area contributed by atoms with Crippen LogP contribution in [-0.4, -0.2) is 34.6 Å². The molecule has 76 heavy (non-hydrogen) atoms. The summed E-state index contributed by atoms with van der Waals surface area (Å²) in [4.78, 5) is 0. The molecule has 2 saturated carbocycles. The van der Waals surface area contributed by atoms with Crippen molar-refractivity contribution in [3.63, 3.8) is 0 Å². The first-order chi connectivity index (χ1) is 37.3. The summed E-state index contributed by atoms with van der Waals surface area (Å²) in [5.41, 5.74) is 10.6. The molecule has 4 atom stereocenters. The van der Waals surface area contributed by atoms with Gasteiger partial charge >= 0.3 is 0 Å². The minimum absolute atomic E-state index is 0.359. The fourth-order valence-corrected chi connectivity index (χ4v) is 12.4. The van der Waals surface area contributed by atoms with Gasteiger partial charge in [-0.15, -0.1) is 0 Å². The van der Waals surface area contributed by atoms with Gasteiger partial charge in [0.15, 0.2) is 0 Å². The summed E-state index contributed by atoms with van der Waals surface area (Å²) < 4.78 is 14.8. The molecule has 2 aliphatic rings. The van der Waals surface area contributed by atoms with E-state index in [-0.39, 0.29) is 12.2 Å². The maximum Gasteiger partial charge on any atom is 0.135 e. The van der Waals surface area contributed by atoms with Crippen LogP contribution in [0, 0.1) is 0 Å². The van der Waals surface area contributed by atoms with Crippen LogP contribution in [-0.2, 0) is 5.41 Å². The van der Waals surface area contributed by atoms with Crippen molar-refractivity contribution in [2.75, 3.05) is 0 Å². The molecule has 4 nitrogen and oxygen atoms in total. The number of hydrogen-bond acceptors (Lipinski definition) is 4. The predicted molar refractivity (Wildman–Crippen MR) is 314 cm³/mol. The molecule has 4 unspecified atom stereocenters. The van der Waals surface area contributed by atoms with Crippen LogP contribution in [0.1, 0.15) is 75.0 Å². The van der Waals surface area contributed by atoms with E-state index < -0.39 is 17.6 Å². The summed E-state index contributed by atoms with van der Waals surface area (Å²) in [6.45, 7) is 2.38. The molecule has 4 heteroatoms. The maximum absolute atomic E-state index is 11.7. The average molecular weight is 991 g/mol. The molecule has 11 aromatic rings. The Labute approximate surface area is 445 Å². The van der Waals surface area contributed by atoms with Crippen molar-refractivity contribution in [3.8, 4) is 56.0 Å². The van der Waals surface area contributed by atoms with Gasteiger partial charge in [-0.05, 0) is 176 Å². The second-order valence-corrected chi connectivity index (χ2v) is 21.6. The van der Waals surface area contributed by atoms with E-state index in [4.69, 9.17) is 9.47 Å². The Hall–Kier alpha value is -8.02. The van der Waals surface area contributed by atoms with Crippen molar-refractivity contribution >= 4 is 43.1 Å². The highest BCUT2D eigenvalue weighted by atomic mass is 16.5. The van der Waals surface area contributed by atoms with E-state index in [1.165, 1.54) is 21.5 Å². The van der Waals surface area contributed by atoms with Crippen LogP contribution in [0.5, 0.6) is 11.5 Å². The van der Waals surface area contributed by atoms with Crippen molar-refractivity contribution in [1.82, 2.24) is 0 Å². The zero-order valence-electron chi connectivity index (χ0n) is 43.0. The van der Waals surface area contributed by atoms with E-state index in [0.717, 1.165) is 133 Å². The second kappa shape index (κ2) is 20.3. The molecule has 2 aliphatic carbocycles. The van der Waals surface area contributed by atoms with Crippen LogP contribution in [0.4, 0.5) is 0 Å². The van der Waals surface area contributed by atoms with Gasteiger partial charge in [0, 0.05) is 27.7 Å². The molecule has 0 bridgehead atoms. The molecule has 0 aliphatic heterocycles. The molecule has 11 aromatic carbocycles. The first-order valence-corrected chi connectivity index (χ1v) is 27.4. The molecule has 0 radical (unpaired) electrons. The van der Waals surface area contributed by atoms with Gasteiger partial charge in [-0.25, -0.2) is 0 Å². The Morgan fingerprint density at radius 1 is 0.316 bits per heavy atom. The van der Waals surface area contributed by atoms with Crippen molar-refractivity contribution in [2.45, 2.75) is 88.1 Å². The average Bonchev–Trinajstić information content (AvgIpc) is 3.55. The molecule has 374 valence electrons. The van der Waals surface area contributed by atoms with E-state index in [0.29, 0.717) is 12.8 Å². The minimum Gasteiger partial charge on any atom is -0.486 e. The molecular weight excluding hydrogens is 929 g/mol. The lowest BCUT2D eigenvalue weighted by molar-refractivity contribution is 0.00747. The number of aliphatic hydroxyl groups excluding tert-OH is 2. The number of ether oxygens (including phenoxy) is 2. The van der Waals surface area contributed by atoms with Gasteiger partial charge in [0.25, 0.3) is 0 Å². The summed E-state index contributed by atoms with van der Waals surface area (Å²) in [6.07, 6.45) is 5.08. The third-order valence-corrected chi connectivity index (χ3v) is 16.8. The van der Waals surface area contributed by atoms with E-state index in [2.05, 4.69) is 231 Å². The minimum atomic E-state index is -0.790. The highest BCUT2D eigenvalue weighted by molar-refractivity contribution is 5.96. The topological polar surface area (TPSA) is 58.9 Å². The highest BCUT2D eigenvalue weighted by Crippen LogP contribution is 2.52. The van der Waals surface area contributed by atoms with Crippen molar-refractivity contribution in [3.05, 3.63) is 241 Å². The summed E-state index contributed by atoms with van der Waals surface area (Å²) in [7, 11) is 0. The molecule has 0 amide bonds. The van der Waals surface area contributed by atoms with Gasteiger partial charge in [-0.2, -0.15) is 0 Å². The number of benzene rings is 11. The third-order valence-electron chi connectivity index (χ3n) is 16.8. The predicted octanol–water partition coefficient (Wildman–Crippen LogP) is 17.7. The van der Waals surface area contributed by atoms with Gasteiger partial charge < -0.3 is 19.7 Å². The quantitative estimate of drug-likeness (QED) is 0.127. The Morgan fingerprint density at radius 2 is 0.605 bits per heavy atom. The SMILES string of the molecule is CC(c1ccccc1)(c1cc(-c2ccc3ccccc3c2)c(OC2CCCCC2O)c(-c2ccc3ccccc3c2)c1)c1cc(-c2ccc3ccccc3c2)c(OC2CCCCC2O)c(-c2ccc3ccccc3c2)c1. The fourth-order valence-electron chi connectivity index (χ4n) is 12.4. The maximum atomic E-state index is 11.7. The first kappa shape index (κ1) is 47.7. The normalized spacial score (nSPS) is 18.7. The summed E-state index contributed by atoms with van der Waals surface area (Å²) in [5, 5.41) is 32.6. The van der Waals surface area contributed by atoms with Crippen LogP contribution in [0.25, 0.3) is 87.6 Å². The van der Waals surface area contributed by atoms with Crippen LogP contribution in [0.3, 0.4) is 0 Å². The lowest BCUT2D eigenvalue weighted by Gasteiger charge is -2.36. The van der Waals surface area contributed by atoms with Crippen molar-refractivity contribution < 1.29 is 19.7 Å². The molecule has 2 N–H and O–H groups in total. The Morgan fingerprint density at radius 3 is 0.921 bits per heavy atom. The lowest BCUT2D eigenvalue weighted by Crippen LogP contribution is -2.35. The van der Waals surface area contributed by atoms with E-state index in [9.17, 15) is 10.2 Å². The first-order valence-electron chi connectivity index (χ1n) is 27.4. The Kier molecular flexibility index (Phi) is 12.7. The molecule has 0 aromatic heterocycles. The zero-order valence-corrected chi connectivity index (χ0v) is 43.0. The van der Waals surface area contributed by atoms with Crippen LogP contribution >= 0.6 is 0 Å². The van der Waals surface area contributed by atoms with E-state index >= 15 is 0 Å². The number of aliphatic hydroxyl groups is 2. The van der Waals surface area contributed by atoms with Crippen LogP contribution in [0.15, 0.2) is 224 Å². The van der Waals surface area contributed by atoms with Gasteiger partial charge in [-0.1, -0.05) is 189 Å². The van der Waals surface area contributed by atoms with Crippen LogP contribution < -0.4 is 9.47 Å². The van der Waals surface area contributed by atoms with Crippen molar-refractivity contribution in [2.24, 2.45) is 0 Å². The highest BCUT2D eigenvalue weighted by Gasteiger charge is 2.37. The summed E-state index contributed by atoms with van der Waals surface area (Å²) >= 11 is 0. The van der Waals surface area contributed by atoms with Gasteiger partial charge in [-0.3, -0.25) is 0 Å². The third kappa shape index (κ3) is 9.00. The number of rotatable bonds is 11. The number of hydrogen-bond donors (Lipinski definition) is 2. The summed E-state index contributed by atoms with van der Waals surface area (Å²) in [6, 6.07) is 81.6. The molecule has 0 heterocycles. The Bertz CT molecular complexity index is 3500. The second-order valence-electron chi connectivity index (χ2n) is 21.6. The van der Waals surface area contributed by atoms with Gasteiger partial charge in [0.2, 0.25) is 0 Å². The smallest absolute Gasteiger partial charge is 0.135 e. The molecular formula is C72H62O4. The summed E-state index contributed by atoms with van der Waals surface area (Å²) in [5.74, 6) is 1.55.